The van der Waals surface area contributed by atoms with E-state index in [-0.39, 0.29) is 18.0 Å². The maximum absolute atomic E-state index is 12.3. The molecule has 7 nitrogen and oxygen atoms in total. The van der Waals surface area contributed by atoms with Crippen molar-refractivity contribution >= 4 is 29.0 Å². The fraction of sp³-hybridized carbons (Fsp3) is 0.174. The van der Waals surface area contributed by atoms with Gasteiger partial charge in [-0.05, 0) is 49.4 Å². The van der Waals surface area contributed by atoms with E-state index in [1.807, 2.05) is 44.3 Å². The highest BCUT2D eigenvalue weighted by Gasteiger charge is 2.12. The molecule has 1 aromatic heterocycles. The highest BCUT2D eigenvalue weighted by Crippen LogP contribution is 2.16. The van der Waals surface area contributed by atoms with Crippen LogP contribution < -0.4 is 20.9 Å². The first kappa shape index (κ1) is 20.9. The Morgan fingerprint density at radius 2 is 1.60 bits per heavy atom. The summed E-state index contributed by atoms with van der Waals surface area (Å²) in [6.07, 6.45) is 3.13. The molecule has 7 heteroatoms. The third-order valence-electron chi connectivity index (χ3n) is 4.70. The van der Waals surface area contributed by atoms with Crippen molar-refractivity contribution < 1.29 is 9.59 Å². The van der Waals surface area contributed by atoms with Gasteiger partial charge in [-0.2, -0.15) is 0 Å². The number of amides is 3. The molecule has 1 heterocycles. The largest absolute Gasteiger partial charge is 0.370 e. The maximum Gasteiger partial charge on any atom is 0.319 e. The fourth-order valence-electron chi connectivity index (χ4n) is 2.85. The summed E-state index contributed by atoms with van der Waals surface area (Å²) in [5.74, 6) is -0.239. The quantitative estimate of drug-likeness (QED) is 0.557. The Morgan fingerprint density at radius 3 is 2.30 bits per heavy atom. The SMILES string of the molecule is C[C@@H](CNC(=O)Nc1cccc(NC(=O)c2ccncc2)c1)N(C)c1ccccc1. The summed E-state index contributed by atoms with van der Waals surface area (Å²) < 4.78 is 0. The number of pyridine rings is 1. The highest BCUT2D eigenvalue weighted by molar-refractivity contribution is 6.04. The lowest BCUT2D eigenvalue weighted by Gasteiger charge is -2.27. The number of likely N-dealkylation sites (N-methyl/N-ethyl adjacent to an activating group) is 1. The first-order valence-corrected chi connectivity index (χ1v) is 9.67. The molecule has 0 saturated heterocycles. The predicted molar refractivity (Wildman–Crippen MR) is 120 cm³/mol. The summed E-state index contributed by atoms with van der Waals surface area (Å²) in [5.41, 5.74) is 2.78. The van der Waals surface area contributed by atoms with Gasteiger partial charge in [0, 0.05) is 54.7 Å². The molecule has 30 heavy (non-hydrogen) atoms. The summed E-state index contributed by atoms with van der Waals surface area (Å²) in [6.45, 7) is 2.53. The molecule has 3 amide bonds. The van der Waals surface area contributed by atoms with Crippen molar-refractivity contribution in [2.45, 2.75) is 13.0 Å². The third kappa shape index (κ3) is 5.81. The van der Waals surface area contributed by atoms with Gasteiger partial charge in [0.15, 0.2) is 0 Å². The first-order chi connectivity index (χ1) is 14.5. The van der Waals surface area contributed by atoms with Crippen molar-refractivity contribution in [1.29, 1.82) is 0 Å². The Hall–Kier alpha value is -3.87. The molecule has 0 saturated carbocycles. The van der Waals surface area contributed by atoms with Crippen molar-refractivity contribution in [2.24, 2.45) is 0 Å². The summed E-state index contributed by atoms with van der Waals surface area (Å²) in [7, 11) is 1.99. The number of rotatable bonds is 7. The van der Waals surface area contributed by atoms with Crippen LogP contribution in [0.25, 0.3) is 0 Å². The second-order valence-electron chi connectivity index (χ2n) is 6.90. The first-order valence-electron chi connectivity index (χ1n) is 9.67. The van der Waals surface area contributed by atoms with Crippen molar-refractivity contribution in [3.05, 3.63) is 84.7 Å². The normalized spacial score (nSPS) is 11.3. The number of hydrogen-bond donors (Lipinski definition) is 3. The van der Waals surface area contributed by atoms with Crippen LogP contribution in [0.2, 0.25) is 0 Å². The topological polar surface area (TPSA) is 86.4 Å². The van der Waals surface area contributed by atoms with Gasteiger partial charge >= 0.3 is 6.03 Å². The third-order valence-corrected chi connectivity index (χ3v) is 4.70. The van der Waals surface area contributed by atoms with Gasteiger partial charge in [0.25, 0.3) is 5.91 Å². The van der Waals surface area contributed by atoms with Gasteiger partial charge in [-0.1, -0.05) is 24.3 Å². The molecule has 1 atom stereocenters. The van der Waals surface area contributed by atoms with Crippen LogP contribution in [0.3, 0.4) is 0 Å². The molecule has 154 valence electrons. The number of carbonyl (C=O) groups excluding carboxylic acids is 2. The van der Waals surface area contributed by atoms with E-state index >= 15 is 0 Å². The summed E-state index contributed by atoms with van der Waals surface area (Å²) in [4.78, 5) is 30.6. The molecule has 0 aliphatic heterocycles. The highest BCUT2D eigenvalue weighted by atomic mass is 16.2. The van der Waals surface area contributed by atoms with Crippen molar-refractivity contribution in [1.82, 2.24) is 10.3 Å². The molecule has 0 fully saturated rings. The summed E-state index contributed by atoms with van der Waals surface area (Å²) in [5, 5.41) is 8.49. The number of nitrogens with zero attached hydrogens (tertiary/aromatic N) is 2. The zero-order valence-electron chi connectivity index (χ0n) is 17.0. The molecule has 3 N–H and O–H groups in total. The van der Waals surface area contributed by atoms with Crippen LogP contribution in [0.4, 0.5) is 21.9 Å². The van der Waals surface area contributed by atoms with E-state index in [2.05, 4.69) is 25.8 Å². The van der Waals surface area contributed by atoms with Crippen LogP contribution in [0.1, 0.15) is 17.3 Å². The Labute approximate surface area is 176 Å². The lowest BCUT2D eigenvalue weighted by molar-refractivity contribution is 0.102. The average molecular weight is 403 g/mol. The smallest absolute Gasteiger partial charge is 0.319 e. The molecule has 0 radical (unpaired) electrons. The number of anilines is 3. The molecule has 2 aromatic carbocycles. The zero-order valence-corrected chi connectivity index (χ0v) is 17.0. The van der Waals surface area contributed by atoms with Gasteiger partial charge in [0.1, 0.15) is 0 Å². The van der Waals surface area contributed by atoms with Crippen LogP contribution in [0.15, 0.2) is 79.1 Å². The molecule has 0 bridgehead atoms. The van der Waals surface area contributed by atoms with Crippen LogP contribution in [0, 0.1) is 0 Å². The van der Waals surface area contributed by atoms with E-state index in [1.54, 1.807) is 48.8 Å². The average Bonchev–Trinajstić information content (AvgIpc) is 2.78. The zero-order chi connectivity index (χ0) is 21.3. The fourth-order valence-corrected chi connectivity index (χ4v) is 2.85. The van der Waals surface area contributed by atoms with Gasteiger partial charge in [-0.25, -0.2) is 4.79 Å². The van der Waals surface area contributed by atoms with Gasteiger partial charge in [0.05, 0.1) is 0 Å². The Balaban J connectivity index is 1.52. The number of benzene rings is 2. The van der Waals surface area contributed by atoms with E-state index in [4.69, 9.17) is 0 Å². The van der Waals surface area contributed by atoms with Crippen molar-refractivity contribution in [3.8, 4) is 0 Å². The minimum Gasteiger partial charge on any atom is -0.370 e. The van der Waals surface area contributed by atoms with Crippen LogP contribution in [0.5, 0.6) is 0 Å². The predicted octanol–water partition coefficient (Wildman–Crippen LogP) is 3.98. The van der Waals surface area contributed by atoms with Crippen molar-refractivity contribution in [2.75, 3.05) is 29.1 Å². The molecule has 3 aromatic rings. The minimum atomic E-state index is -0.305. The van der Waals surface area contributed by atoms with E-state index in [0.717, 1.165) is 5.69 Å². The van der Waals surface area contributed by atoms with E-state index in [9.17, 15) is 9.59 Å². The van der Waals surface area contributed by atoms with E-state index < -0.39 is 0 Å². The van der Waals surface area contributed by atoms with E-state index in [0.29, 0.717) is 23.5 Å². The second-order valence-corrected chi connectivity index (χ2v) is 6.90. The second kappa shape index (κ2) is 10.1. The molecule has 0 unspecified atom stereocenters. The number of para-hydroxylation sites is 1. The lowest BCUT2D eigenvalue weighted by atomic mass is 10.2. The van der Waals surface area contributed by atoms with Gasteiger partial charge in [-0.3, -0.25) is 9.78 Å². The lowest BCUT2D eigenvalue weighted by Crippen LogP contribution is -2.41. The molecule has 3 rings (SSSR count). The van der Waals surface area contributed by atoms with Crippen molar-refractivity contribution in [3.63, 3.8) is 0 Å². The van der Waals surface area contributed by atoms with Gasteiger partial charge < -0.3 is 20.9 Å². The molecular formula is C23H25N5O2. The van der Waals surface area contributed by atoms with Gasteiger partial charge in [-0.15, -0.1) is 0 Å². The Kier molecular flexibility index (Phi) is 7.00. The van der Waals surface area contributed by atoms with Gasteiger partial charge in [0.2, 0.25) is 0 Å². The van der Waals surface area contributed by atoms with Crippen LogP contribution in [-0.2, 0) is 0 Å². The molecule has 0 aliphatic rings. The number of hydrogen-bond acceptors (Lipinski definition) is 4. The summed E-state index contributed by atoms with van der Waals surface area (Å²) >= 11 is 0. The van der Waals surface area contributed by atoms with Crippen LogP contribution in [-0.4, -0.2) is 36.6 Å². The molecule has 0 spiro atoms. The Morgan fingerprint density at radius 1 is 0.933 bits per heavy atom. The maximum atomic E-state index is 12.3. The molecule has 0 aliphatic carbocycles. The number of aromatic nitrogens is 1. The summed E-state index contributed by atoms with van der Waals surface area (Å²) in [6, 6.07) is 20.1. The standard InChI is InChI=1S/C23H25N5O2/c1-17(28(2)21-9-4-3-5-10-21)16-25-23(30)27-20-8-6-7-19(15-20)26-22(29)18-11-13-24-14-12-18/h3-15,17H,16H2,1-2H3,(H,26,29)(H2,25,27,30)/t17-/m0/s1. The number of urea groups is 1. The minimum absolute atomic E-state index is 0.115. The number of carbonyl (C=O) groups is 2. The molecular weight excluding hydrogens is 378 g/mol. The van der Waals surface area contributed by atoms with Crippen LogP contribution >= 0.6 is 0 Å². The Bertz CT molecular complexity index is 979. The monoisotopic (exact) mass is 403 g/mol. The number of nitrogens with one attached hydrogen (secondary N) is 3. The van der Waals surface area contributed by atoms with E-state index in [1.165, 1.54) is 0 Å².